The summed E-state index contributed by atoms with van der Waals surface area (Å²) in [5.41, 5.74) is 7.04. The number of furan rings is 1. The molecule has 3 N–H and O–H groups in total. The van der Waals surface area contributed by atoms with E-state index >= 15 is 0 Å². The topological polar surface area (TPSA) is 89.8 Å². The Balaban J connectivity index is 0.00000288. The second-order valence-electron chi connectivity index (χ2n) is 4.85. The normalized spacial score (nSPS) is 10.8. The molecule has 24 heavy (non-hydrogen) atoms. The molecule has 1 aromatic heterocycles. The molecule has 0 saturated heterocycles. The lowest BCUT2D eigenvalue weighted by molar-refractivity contribution is 0.0488. The van der Waals surface area contributed by atoms with Gasteiger partial charge in [0.15, 0.2) is 5.96 Å². The Kier molecular flexibility index (Phi) is 8.92. The Morgan fingerprint density at radius 1 is 1.25 bits per heavy atom. The highest BCUT2D eigenvalue weighted by Crippen LogP contribution is 2.10. The van der Waals surface area contributed by atoms with Gasteiger partial charge in [-0.1, -0.05) is 30.3 Å². The second kappa shape index (κ2) is 10.7. The third-order valence-corrected chi connectivity index (χ3v) is 3.11. The number of halogens is 1. The number of nitrogens with zero attached hydrogens (tertiary/aromatic N) is 1. The van der Waals surface area contributed by atoms with Crippen molar-refractivity contribution in [3.8, 4) is 0 Å². The molecule has 0 atom stereocenters. The van der Waals surface area contributed by atoms with Crippen LogP contribution in [0, 0.1) is 0 Å². The standard InChI is InChI=1S/C17H21N3O3.HI/c1-2-22-16(21)15-9-8-14(23-15)12-20-17(18)19-11-10-13-6-4-3-5-7-13;/h3-9H,2,10-12H2,1H3,(H3,18,19,20);1H. The molecule has 0 amide bonds. The molecule has 0 spiro atoms. The van der Waals surface area contributed by atoms with Crippen LogP contribution in [0.5, 0.6) is 0 Å². The van der Waals surface area contributed by atoms with E-state index in [2.05, 4.69) is 22.4 Å². The van der Waals surface area contributed by atoms with E-state index in [-0.39, 0.29) is 36.3 Å². The fourth-order valence-electron chi connectivity index (χ4n) is 1.97. The monoisotopic (exact) mass is 443 g/mol. The molecular formula is C17H22IN3O3. The van der Waals surface area contributed by atoms with E-state index in [1.54, 1.807) is 19.1 Å². The third-order valence-electron chi connectivity index (χ3n) is 3.11. The summed E-state index contributed by atoms with van der Waals surface area (Å²) in [6.45, 7) is 3.02. The Morgan fingerprint density at radius 2 is 2.00 bits per heavy atom. The molecule has 2 aromatic rings. The Morgan fingerprint density at radius 3 is 2.71 bits per heavy atom. The van der Waals surface area contributed by atoms with E-state index in [0.717, 1.165) is 6.42 Å². The summed E-state index contributed by atoms with van der Waals surface area (Å²) in [5.74, 6) is 0.597. The molecule has 0 fully saturated rings. The highest BCUT2D eigenvalue weighted by molar-refractivity contribution is 14.0. The molecule has 0 aliphatic carbocycles. The Labute approximate surface area is 158 Å². The number of esters is 1. The molecule has 7 heteroatoms. The van der Waals surface area contributed by atoms with Gasteiger partial charge in [-0.15, -0.1) is 24.0 Å². The van der Waals surface area contributed by atoms with Gasteiger partial charge in [-0.3, -0.25) is 0 Å². The summed E-state index contributed by atoms with van der Waals surface area (Å²) in [6, 6.07) is 13.4. The van der Waals surface area contributed by atoms with Crippen LogP contribution in [0.1, 0.15) is 28.8 Å². The highest BCUT2D eigenvalue weighted by atomic mass is 127. The van der Waals surface area contributed by atoms with Crippen molar-refractivity contribution >= 4 is 35.9 Å². The number of carbonyl (C=O) groups is 1. The molecule has 0 aliphatic heterocycles. The van der Waals surface area contributed by atoms with Crippen LogP contribution in [-0.2, 0) is 17.7 Å². The van der Waals surface area contributed by atoms with E-state index in [9.17, 15) is 4.79 Å². The van der Waals surface area contributed by atoms with Gasteiger partial charge in [0.2, 0.25) is 5.76 Å². The van der Waals surface area contributed by atoms with Gasteiger partial charge in [-0.2, -0.15) is 0 Å². The zero-order valence-electron chi connectivity index (χ0n) is 13.5. The van der Waals surface area contributed by atoms with Crippen LogP contribution in [-0.4, -0.2) is 25.1 Å². The molecule has 0 saturated carbocycles. The van der Waals surface area contributed by atoms with E-state index in [4.69, 9.17) is 14.9 Å². The van der Waals surface area contributed by atoms with E-state index in [1.165, 1.54) is 5.56 Å². The number of hydrogen-bond donors (Lipinski definition) is 2. The first-order chi connectivity index (χ1) is 11.2. The van der Waals surface area contributed by atoms with Crippen molar-refractivity contribution in [2.24, 2.45) is 10.7 Å². The van der Waals surface area contributed by atoms with E-state index in [1.807, 2.05) is 18.2 Å². The van der Waals surface area contributed by atoms with Gasteiger partial charge in [0.05, 0.1) is 6.61 Å². The van der Waals surface area contributed by atoms with Gasteiger partial charge in [-0.25, -0.2) is 9.79 Å². The minimum Gasteiger partial charge on any atom is -0.460 e. The van der Waals surface area contributed by atoms with Gasteiger partial charge >= 0.3 is 5.97 Å². The molecule has 130 valence electrons. The maximum absolute atomic E-state index is 11.5. The minimum absolute atomic E-state index is 0. The maximum Gasteiger partial charge on any atom is 0.374 e. The number of carbonyl (C=O) groups excluding carboxylic acids is 1. The van der Waals surface area contributed by atoms with Gasteiger partial charge in [0.1, 0.15) is 12.3 Å². The maximum atomic E-state index is 11.5. The van der Waals surface area contributed by atoms with Crippen LogP contribution in [0.4, 0.5) is 0 Å². The molecule has 0 bridgehead atoms. The number of ether oxygens (including phenoxy) is 1. The fraction of sp³-hybridized carbons (Fsp3) is 0.294. The van der Waals surface area contributed by atoms with Gasteiger partial charge in [0.25, 0.3) is 0 Å². The second-order valence-corrected chi connectivity index (χ2v) is 4.85. The van der Waals surface area contributed by atoms with Gasteiger partial charge in [0, 0.05) is 6.54 Å². The third kappa shape index (κ3) is 6.61. The number of aliphatic imine (C=N–C) groups is 1. The number of rotatable bonds is 7. The predicted molar refractivity (Wildman–Crippen MR) is 104 cm³/mol. The highest BCUT2D eigenvalue weighted by Gasteiger charge is 2.11. The first kappa shape index (κ1) is 20.0. The smallest absolute Gasteiger partial charge is 0.374 e. The minimum atomic E-state index is -0.475. The molecule has 1 aromatic carbocycles. The number of nitrogens with two attached hydrogens (primary N) is 1. The van der Waals surface area contributed by atoms with E-state index in [0.29, 0.717) is 24.9 Å². The van der Waals surface area contributed by atoms with Crippen molar-refractivity contribution in [3.63, 3.8) is 0 Å². The predicted octanol–water partition coefficient (Wildman–Crippen LogP) is 2.72. The van der Waals surface area contributed by atoms with Crippen molar-refractivity contribution in [2.75, 3.05) is 13.2 Å². The van der Waals surface area contributed by atoms with E-state index < -0.39 is 5.97 Å². The number of hydrogen-bond acceptors (Lipinski definition) is 4. The molecule has 0 radical (unpaired) electrons. The molecule has 1 heterocycles. The van der Waals surface area contributed by atoms with Crippen molar-refractivity contribution in [1.29, 1.82) is 0 Å². The summed E-state index contributed by atoms with van der Waals surface area (Å²) in [5, 5.41) is 3.05. The average Bonchev–Trinajstić information content (AvgIpc) is 3.03. The summed E-state index contributed by atoms with van der Waals surface area (Å²) in [6.07, 6.45) is 0.866. The molecular weight excluding hydrogens is 421 g/mol. The average molecular weight is 443 g/mol. The lowest BCUT2D eigenvalue weighted by Gasteiger charge is -2.05. The van der Waals surface area contributed by atoms with Crippen molar-refractivity contribution in [3.05, 3.63) is 59.5 Å². The summed E-state index contributed by atoms with van der Waals surface area (Å²) >= 11 is 0. The molecule has 0 aliphatic rings. The summed E-state index contributed by atoms with van der Waals surface area (Å²) in [7, 11) is 0. The number of benzene rings is 1. The summed E-state index contributed by atoms with van der Waals surface area (Å²) < 4.78 is 10.2. The van der Waals surface area contributed by atoms with Crippen LogP contribution in [0.3, 0.4) is 0 Å². The van der Waals surface area contributed by atoms with Crippen molar-refractivity contribution < 1.29 is 13.9 Å². The van der Waals surface area contributed by atoms with Crippen LogP contribution in [0.25, 0.3) is 0 Å². The van der Waals surface area contributed by atoms with Crippen molar-refractivity contribution in [1.82, 2.24) is 5.32 Å². The van der Waals surface area contributed by atoms with Gasteiger partial charge in [-0.05, 0) is 31.0 Å². The quantitative estimate of drug-likeness (QED) is 0.297. The summed E-state index contributed by atoms with van der Waals surface area (Å²) in [4.78, 5) is 15.7. The van der Waals surface area contributed by atoms with Crippen LogP contribution in [0.15, 0.2) is 51.9 Å². The molecule has 6 nitrogen and oxygen atoms in total. The first-order valence-corrected chi connectivity index (χ1v) is 7.52. The number of nitrogens with one attached hydrogen (secondary N) is 1. The van der Waals surface area contributed by atoms with Crippen LogP contribution < -0.4 is 11.1 Å². The van der Waals surface area contributed by atoms with Crippen LogP contribution >= 0.6 is 24.0 Å². The zero-order chi connectivity index (χ0) is 16.5. The Bertz CT molecular complexity index is 656. The lowest BCUT2D eigenvalue weighted by atomic mass is 10.1. The zero-order valence-corrected chi connectivity index (χ0v) is 15.9. The van der Waals surface area contributed by atoms with Crippen molar-refractivity contribution in [2.45, 2.75) is 19.9 Å². The lowest BCUT2D eigenvalue weighted by Crippen LogP contribution is -2.33. The molecule has 0 unspecified atom stereocenters. The SMILES string of the molecule is CCOC(=O)c1ccc(CN=C(N)NCCc2ccccc2)o1.I. The largest absolute Gasteiger partial charge is 0.460 e. The fourth-order valence-corrected chi connectivity index (χ4v) is 1.97. The van der Waals surface area contributed by atoms with Gasteiger partial charge < -0.3 is 20.2 Å². The first-order valence-electron chi connectivity index (χ1n) is 7.52. The molecule has 2 rings (SSSR count). The number of guanidine groups is 1. The van der Waals surface area contributed by atoms with Crippen LogP contribution in [0.2, 0.25) is 0 Å². The Hall–Kier alpha value is -2.03.